The van der Waals surface area contributed by atoms with E-state index in [0.29, 0.717) is 29.8 Å². The topological polar surface area (TPSA) is 26.0 Å². The van der Waals surface area contributed by atoms with Gasteiger partial charge in [-0.2, -0.15) is 0 Å². The second kappa shape index (κ2) is 4.30. The minimum absolute atomic E-state index is 0.0870. The second-order valence-electron chi connectivity index (χ2n) is 4.57. The van der Waals surface area contributed by atoms with E-state index in [1.807, 2.05) is 0 Å². The molecule has 0 radical (unpaired) electrons. The first-order chi connectivity index (χ1) is 7.48. The summed E-state index contributed by atoms with van der Waals surface area (Å²) in [5.74, 6) is -0.440. The van der Waals surface area contributed by atoms with Gasteiger partial charge in [-0.25, -0.2) is 8.78 Å². The Kier molecular flexibility index (Phi) is 3.17. The lowest BCUT2D eigenvalue weighted by atomic mass is 9.94. The van der Waals surface area contributed by atoms with Crippen LogP contribution in [0.1, 0.15) is 24.8 Å². The maximum atomic E-state index is 14.2. The van der Waals surface area contributed by atoms with Crippen LogP contribution in [0.5, 0.6) is 0 Å². The number of rotatable bonds is 2. The molecular formula is C12H14ClF2N. The lowest BCUT2D eigenvalue weighted by molar-refractivity contribution is 0.169. The molecule has 1 nitrogen and oxygen atoms in total. The molecule has 1 fully saturated rings. The van der Waals surface area contributed by atoms with E-state index in [2.05, 4.69) is 0 Å². The zero-order chi connectivity index (χ0) is 11.8. The summed E-state index contributed by atoms with van der Waals surface area (Å²) in [7, 11) is 0. The zero-order valence-electron chi connectivity index (χ0n) is 8.85. The standard InChI is InChI=1S/C12H14ClF2N/c13-9-2-1-8(11(14)5-9)6-12(15)4-3-10(16)7-12/h1-2,5,10H,3-4,6-7,16H2. The summed E-state index contributed by atoms with van der Waals surface area (Å²) in [6.45, 7) is 0. The van der Waals surface area contributed by atoms with Crippen molar-refractivity contribution < 1.29 is 8.78 Å². The van der Waals surface area contributed by atoms with Crippen molar-refractivity contribution in [1.29, 1.82) is 0 Å². The average molecular weight is 246 g/mol. The van der Waals surface area contributed by atoms with Crippen molar-refractivity contribution in [2.75, 3.05) is 0 Å². The summed E-state index contributed by atoms with van der Waals surface area (Å²) in [5.41, 5.74) is 4.69. The molecule has 1 aromatic rings. The van der Waals surface area contributed by atoms with Gasteiger partial charge in [0.25, 0.3) is 0 Å². The molecule has 0 saturated heterocycles. The molecule has 1 aliphatic rings. The van der Waals surface area contributed by atoms with Crippen LogP contribution in [0.25, 0.3) is 0 Å². The zero-order valence-corrected chi connectivity index (χ0v) is 9.61. The van der Waals surface area contributed by atoms with Crippen LogP contribution in [0.4, 0.5) is 8.78 Å². The Bertz CT molecular complexity index is 397. The van der Waals surface area contributed by atoms with Crippen molar-refractivity contribution in [3.63, 3.8) is 0 Å². The Balaban J connectivity index is 2.14. The van der Waals surface area contributed by atoms with Gasteiger partial charge in [0.15, 0.2) is 0 Å². The number of nitrogens with two attached hydrogens (primary N) is 1. The van der Waals surface area contributed by atoms with Crippen molar-refractivity contribution in [2.45, 2.75) is 37.4 Å². The van der Waals surface area contributed by atoms with Crippen LogP contribution in [0.15, 0.2) is 18.2 Å². The quantitative estimate of drug-likeness (QED) is 0.851. The van der Waals surface area contributed by atoms with Gasteiger partial charge < -0.3 is 5.73 Å². The van der Waals surface area contributed by atoms with Crippen LogP contribution in [0, 0.1) is 5.82 Å². The molecule has 0 spiro atoms. The minimum Gasteiger partial charge on any atom is -0.328 e. The van der Waals surface area contributed by atoms with E-state index in [1.165, 1.54) is 6.07 Å². The molecular weight excluding hydrogens is 232 g/mol. The Morgan fingerprint density at radius 3 is 2.81 bits per heavy atom. The summed E-state index contributed by atoms with van der Waals surface area (Å²) < 4.78 is 27.7. The Hall–Kier alpha value is -0.670. The van der Waals surface area contributed by atoms with Gasteiger partial charge in [-0.15, -0.1) is 0 Å². The highest BCUT2D eigenvalue weighted by Crippen LogP contribution is 2.36. The van der Waals surface area contributed by atoms with Crippen molar-refractivity contribution >= 4 is 11.6 Å². The fourth-order valence-corrected chi connectivity index (χ4v) is 2.44. The molecule has 0 amide bonds. The molecule has 0 bridgehead atoms. The summed E-state index contributed by atoms with van der Waals surface area (Å²) in [4.78, 5) is 0. The van der Waals surface area contributed by atoms with Crippen LogP contribution in [0.2, 0.25) is 5.02 Å². The number of halogens is 3. The number of alkyl halides is 1. The van der Waals surface area contributed by atoms with Gasteiger partial charge in [0.05, 0.1) is 0 Å². The molecule has 0 aliphatic heterocycles. The molecule has 1 aromatic carbocycles. The fourth-order valence-electron chi connectivity index (χ4n) is 2.29. The van der Waals surface area contributed by atoms with Gasteiger partial charge in [0, 0.05) is 17.5 Å². The third-order valence-electron chi connectivity index (χ3n) is 3.11. The molecule has 2 rings (SSSR count). The monoisotopic (exact) mass is 245 g/mol. The molecule has 0 heterocycles. The van der Waals surface area contributed by atoms with E-state index < -0.39 is 11.5 Å². The van der Waals surface area contributed by atoms with E-state index >= 15 is 0 Å². The lowest BCUT2D eigenvalue weighted by Gasteiger charge is -2.19. The van der Waals surface area contributed by atoms with Crippen LogP contribution < -0.4 is 5.73 Å². The maximum Gasteiger partial charge on any atom is 0.127 e. The highest BCUT2D eigenvalue weighted by atomic mass is 35.5. The minimum atomic E-state index is -1.35. The SMILES string of the molecule is NC1CCC(F)(Cc2ccc(Cl)cc2F)C1. The Morgan fingerprint density at radius 2 is 2.25 bits per heavy atom. The fraction of sp³-hybridized carbons (Fsp3) is 0.500. The van der Waals surface area contributed by atoms with Gasteiger partial charge in [-0.05, 0) is 37.0 Å². The van der Waals surface area contributed by atoms with Crippen molar-refractivity contribution in [3.8, 4) is 0 Å². The normalized spacial score (nSPS) is 29.6. The van der Waals surface area contributed by atoms with Crippen molar-refractivity contribution in [2.24, 2.45) is 5.73 Å². The van der Waals surface area contributed by atoms with E-state index in [-0.39, 0.29) is 12.5 Å². The lowest BCUT2D eigenvalue weighted by Crippen LogP contribution is -2.26. The molecule has 2 N–H and O–H groups in total. The number of hydrogen-bond donors (Lipinski definition) is 1. The third-order valence-corrected chi connectivity index (χ3v) is 3.35. The maximum absolute atomic E-state index is 14.2. The average Bonchev–Trinajstić information content (AvgIpc) is 2.52. The van der Waals surface area contributed by atoms with Gasteiger partial charge >= 0.3 is 0 Å². The molecule has 0 aromatic heterocycles. The molecule has 88 valence electrons. The summed E-state index contributed by atoms with van der Waals surface area (Å²) in [5, 5.41) is 0.331. The smallest absolute Gasteiger partial charge is 0.127 e. The molecule has 2 atom stereocenters. The predicted molar refractivity (Wildman–Crippen MR) is 60.8 cm³/mol. The van der Waals surface area contributed by atoms with E-state index in [0.717, 1.165) is 0 Å². The first kappa shape index (κ1) is 11.8. The summed E-state index contributed by atoms with van der Waals surface area (Å²) in [6, 6.07) is 4.25. The second-order valence-corrected chi connectivity index (χ2v) is 5.00. The van der Waals surface area contributed by atoms with E-state index in [4.69, 9.17) is 17.3 Å². The Morgan fingerprint density at radius 1 is 1.50 bits per heavy atom. The molecule has 2 unspecified atom stereocenters. The molecule has 1 aliphatic carbocycles. The van der Waals surface area contributed by atoms with E-state index in [1.54, 1.807) is 12.1 Å². The molecule has 1 saturated carbocycles. The summed E-state index contributed by atoms with van der Waals surface area (Å²) >= 11 is 5.64. The van der Waals surface area contributed by atoms with Gasteiger partial charge in [-0.3, -0.25) is 0 Å². The van der Waals surface area contributed by atoms with Crippen molar-refractivity contribution in [1.82, 2.24) is 0 Å². The molecule has 4 heteroatoms. The van der Waals surface area contributed by atoms with Crippen LogP contribution in [-0.4, -0.2) is 11.7 Å². The van der Waals surface area contributed by atoms with Crippen LogP contribution in [-0.2, 0) is 6.42 Å². The van der Waals surface area contributed by atoms with Gasteiger partial charge in [0.1, 0.15) is 11.5 Å². The Labute approximate surface area is 98.6 Å². The number of benzene rings is 1. The van der Waals surface area contributed by atoms with Crippen LogP contribution in [0.3, 0.4) is 0 Å². The largest absolute Gasteiger partial charge is 0.328 e. The van der Waals surface area contributed by atoms with Gasteiger partial charge in [-0.1, -0.05) is 17.7 Å². The first-order valence-corrected chi connectivity index (χ1v) is 5.75. The summed E-state index contributed by atoms with van der Waals surface area (Å²) in [6.07, 6.45) is 1.49. The third kappa shape index (κ3) is 2.53. The number of hydrogen-bond acceptors (Lipinski definition) is 1. The van der Waals surface area contributed by atoms with Crippen LogP contribution >= 0.6 is 11.6 Å². The van der Waals surface area contributed by atoms with E-state index in [9.17, 15) is 8.78 Å². The molecule has 16 heavy (non-hydrogen) atoms. The highest BCUT2D eigenvalue weighted by molar-refractivity contribution is 6.30. The first-order valence-electron chi connectivity index (χ1n) is 5.37. The van der Waals surface area contributed by atoms with Crippen molar-refractivity contribution in [3.05, 3.63) is 34.6 Å². The highest BCUT2D eigenvalue weighted by Gasteiger charge is 2.38. The predicted octanol–water partition coefficient (Wildman–Crippen LogP) is 3.24. The van der Waals surface area contributed by atoms with Gasteiger partial charge in [0.2, 0.25) is 0 Å².